The van der Waals surface area contributed by atoms with Crippen LogP contribution in [0, 0.1) is 11.3 Å². The maximum absolute atomic E-state index is 9.35. The van der Waals surface area contributed by atoms with Gasteiger partial charge in [0.15, 0.2) is 0 Å². The first-order valence-electron chi connectivity index (χ1n) is 5.83. The molecule has 0 radical (unpaired) electrons. The molecule has 0 atom stereocenters. The van der Waals surface area contributed by atoms with E-state index < -0.39 is 0 Å². The number of allylic oxidation sites excluding steroid dienone is 1. The molecule has 0 amide bonds. The molecule has 0 aromatic carbocycles. The van der Waals surface area contributed by atoms with Crippen LogP contribution in [0.2, 0.25) is 0 Å². The van der Waals surface area contributed by atoms with Crippen molar-refractivity contribution >= 4 is 22.7 Å². The Kier molecular flexibility index (Phi) is 2.79. The molecular formula is C15H10N4. The van der Waals surface area contributed by atoms with Gasteiger partial charge in [-0.15, -0.1) is 0 Å². The first-order chi connectivity index (χ1) is 9.38. The Labute approximate surface area is 110 Å². The Balaban J connectivity index is 2.14. The van der Waals surface area contributed by atoms with Gasteiger partial charge in [-0.1, -0.05) is 6.07 Å². The number of aromatic nitrogens is 3. The van der Waals surface area contributed by atoms with E-state index in [1.165, 1.54) is 0 Å². The molecule has 4 nitrogen and oxygen atoms in total. The standard InChI is InChI=1S/C15H10N4/c16-8-12(7-11-3-1-5-17-9-11)14-10-19-15-13(14)4-2-6-18-15/h1-7,9-10H,(H,18,19). The zero-order chi connectivity index (χ0) is 13.1. The fourth-order valence-corrected chi connectivity index (χ4v) is 1.98. The first kappa shape index (κ1) is 11.2. The lowest BCUT2D eigenvalue weighted by atomic mass is 10.1. The summed E-state index contributed by atoms with van der Waals surface area (Å²) in [6.45, 7) is 0. The molecule has 3 aromatic rings. The molecule has 0 spiro atoms. The summed E-state index contributed by atoms with van der Waals surface area (Å²) in [4.78, 5) is 11.3. The monoisotopic (exact) mass is 246 g/mol. The summed E-state index contributed by atoms with van der Waals surface area (Å²) in [5.74, 6) is 0. The van der Waals surface area contributed by atoms with Crippen molar-refractivity contribution in [3.63, 3.8) is 0 Å². The van der Waals surface area contributed by atoms with Crippen LogP contribution in [-0.4, -0.2) is 15.0 Å². The third-order valence-electron chi connectivity index (χ3n) is 2.86. The SMILES string of the molecule is N#CC(=Cc1cccnc1)c1c[nH]c2ncccc12. The maximum atomic E-state index is 9.35. The second kappa shape index (κ2) is 4.75. The number of nitrogens with zero attached hydrogens (tertiary/aromatic N) is 3. The average Bonchev–Trinajstić information content (AvgIpc) is 2.90. The zero-order valence-corrected chi connectivity index (χ0v) is 10.0. The molecule has 19 heavy (non-hydrogen) atoms. The van der Waals surface area contributed by atoms with Crippen LogP contribution in [0.4, 0.5) is 0 Å². The number of nitriles is 1. The van der Waals surface area contributed by atoms with E-state index in [-0.39, 0.29) is 0 Å². The molecule has 90 valence electrons. The van der Waals surface area contributed by atoms with Crippen LogP contribution in [0.1, 0.15) is 11.1 Å². The van der Waals surface area contributed by atoms with E-state index in [4.69, 9.17) is 0 Å². The summed E-state index contributed by atoms with van der Waals surface area (Å²) < 4.78 is 0. The van der Waals surface area contributed by atoms with Crippen molar-refractivity contribution in [3.8, 4) is 6.07 Å². The molecule has 3 rings (SSSR count). The summed E-state index contributed by atoms with van der Waals surface area (Å²) in [6.07, 6.45) is 8.79. The topological polar surface area (TPSA) is 65.4 Å². The number of pyridine rings is 2. The van der Waals surface area contributed by atoms with Gasteiger partial charge in [-0.25, -0.2) is 4.98 Å². The lowest BCUT2D eigenvalue weighted by molar-refractivity contribution is 1.32. The summed E-state index contributed by atoms with van der Waals surface area (Å²) in [5.41, 5.74) is 3.13. The fraction of sp³-hybridized carbons (Fsp3) is 0. The van der Waals surface area contributed by atoms with E-state index in [9.17, 15) is 5.26 Å². The Hall–Kier alpha value is -2.93. The Morgan fingerprint density at radius 3 is 2.95 bits per heavy atom. The molecule has 3 heterocycles. The van der Waals surface area contributed by atoms with Gasteiger partial charge in [-0.05, 0) is 29.8 Å². The van der Waals surface area contributed by atoms with Gasteiger partial charge in [-0.2, -0.15) is 5.26 Å². The van der Waals surface area contributed by atoms with Crippen LogP contribution in [0.3, 0.4) is 0 Å². The quantitative estimate of drug-likeness (QED) is 0.707. The van der Waals surface area contributed by atoms with Crippen molar-refractivity contribution in [2.75, 3.05) is 0 Å². The van der Waals surface area contributed by atoms with Crippen LogP contribution in [0.5, 0.6) is 0 Å². The van der Waals surface area contributed by atoms with Crippen molar-refractivity contribution in [2.24, 2.45) is 0 Å². The van der Waals surface area contributed by atoms with Crippen molar-refractivity contribution < 1.29 is 0 Å². The van der Waals surface area contributed by atoms with E-state index in [1.54, 1.807) is 18.6 Å². The minimum Gasteiger partial charge on any atom is -0.345 e. The van der Waals surface area contributed by atoms with E-state index in [2.05, 4.69) is 21.0 Å². The molecule has 0 aliphatic carbocycles. The van der Waals surface area contributed by atoms with Gasteiger partial charge >= 0.3 is 0 Å². The predicted molar refractivity (Wildman–Crippen MR) is 73.8 cm³/mol. The van der Waals surface area contributed by atoms with E-state index in [0.717, 1.165) is 22.2 Å². The van der Waals surface area contributed by atoms with Gasteiger partial charge in [0, 0.05) is 35.7 Å². The van der Waals surface area contributed by atoms with Crippen LogP contribution in [-0.2, 0) is 0 Å². The van der Waals surface area contributed by atoms with E-state index >= 15 is 0 Å². The minimum atomic E-state index is 0.590. The molecule has 0 saturated heterocycles. The van der Waals surface area contributed by atoms with Crippen LogP contribution >= 0.6 is 0 Å². The Bertz CT molecular complexity index is 779. The molecule has 0 fully saturated rings. The number of rotatable bonds is 2. The van der Waals surface area contributed by atoms with Crippen LogP contribution < -0.4 is 0 Å². The second-order valence-corrected chi connectivity index (χ2v) is 4.06. The minimum absolute atomic E-state index is 0.590. The van der Waals surface area contributed by atoms with Crippen LogP contribution in [0.25, 0.3) is 22.7 Å². The third-order valence-corrected chi connectivity index (χ3v) is 2.86. The number of fused-ring (bicyclic) bond motifs is 1. The van der Waals surface area contributed by atoms with Gasteiger partial charge in [-0.3, -0.25) is 4.98 Å². The highest BCUT2D eigenvalue weighted by Crippen LogP contribution is 2.24. The van der Waals surface area contributed by atoms with Gasteiger partial charge < -0.3 is 4.98 Å². The molecular weight excluding hydrogens is 236 g/mol. The Morgan fingerprint density at radius 1 is 1.26 bits per heavy atom. The summed E-state index contributed by atoms with van der Waals surface area (Å²) in [7, 11) is 0. The smallest absolute Gasteiger partial charge is 0.137 e. The summed E-state index contributed by atoms with van der Waals surface area (Å²) >= 11 is 0. The number of aromatic amines is 1. The normalized spacial score (nSPS) is 11.4. The highest BCUT2D eigenvalue weighted by molar-refractivity contribution is 6.00. The zero-order valence-electron chi connectivity index (χ0n) is 10.0. The number of hydrogen-bond acceptors (Lipinski definition) is 3. The van der Waals surface area contributed by atoms with Crippen molar-refractivity contribution in [2.45, 2.75) is 0 Å². The first-order valence-corrected chi connectivity index (χ1v) is 5.83. The molecule has 0 aliphatic heterocycles. The molecule has 0 bridgehead atoms. The lowest BCUT2D eigenvalue weighted by Crippen LogP contribution is -1.81. The summed E-state index contributed by atoms with van der Waals surface area (Å²) in [5, 5.41) is 10.3. The molecule has 3 aromatic heterocycles. The van der Waals surface area contributed by atoms with Gasteiger partial charge in [0.2, 0.25) is 0 Å². The molecule has 4 heteroatoms. The number of hydrogen-bond donors (Lipinski definition) is 1. The average molecular weight is 246 g/mol. The number of H-pyrrole nitrogens is 1. The van der Waals surface area contributed by atoms with Gasteiger partial charge in [0.1, 0.15) is 5.65 Å². The predicted octanol–water partition coefficient (Wildman–Crippen LogP) is 3.02. The van der Waals surface area contributed by atoms with Crippen molar-refractivity contribution in [1.29, 1.82) is 5.26 Å². The van der Waals surface area contributed by atoms with E-state index in [1.807, 2.05) is 36.5 Å². The van der Waals surface area contributed by atoms with Gasteiger partial charge in [0.25, 0.3) is 0 Å². The number of nitrogens with one attached hydrogen (secondary N) is 1. The lowest BCUT2D eigenvalue weighted by Gasteiger charge is -1.97. The van der Waals surface area contributed by atoms with Crippen molar-refractivity contribution in [1.82, 2.24) is 15.0 Å². The Morgan fingerprint density at radius 2 is 2.16 bits per heavy atom. The third kappa shape index (κ3) is 2.09. The maximum Gasteiger partial charge on any atom is 0.137 e. The largest absolute Gasteiger partial charge is 0.345 e. The molecule has 1 N–H and O–H groups in total. The highest BCUT2D eigenvalue weighted by atomic mass is 14.8. The van der Waals surface area contributed by atoms with Crippen molar-refractivity contribution in [3.05, 3.63) is 60.2 Å². The fourth-order valence-electron chi connectivity index (χ4n) is 1.98. The van der Waals surface area contributed by atoms with Gasteiger partial charge in [0.05, 0.1) is 11.6 Å². The van der Waals surface area contributed by atoms with E-state index in [0.29, 0.717) is 5.57 Å². The molecule has 0 saturated carbocycles. The molecule has 0 unspecified atom stereocenters. The second-order valence-electron chi connectivity index (χ2n) is 4.06. The van der Waals surface area contributed by atoms with Crippen LogP contribution in [0.15, 0.2) is 49.1 Å². The highest BCUT2D eigenvalue weighted by Gasteiger charge is 2.08. The summed E-state index contributed by atoms with van der Waals surface area (Å²) in [6, 6.07) is 9.80. The molecule has 0 aliphatic rings.